The molecule has 0 spiro atoms. The van der Waals surface area contributed by atoms with E-state index in [1.54, 1.807) is 11.3 Å². The molecule has 0 aliphatic heterocycles. The van der Waals surface area contributed by atoms with Crippen LogP contribution in [0.15, 0.2) is 71.9 Å². The van der Waals surface area contributed by atoms with Crippen LogP contribution in [0.1, 0.15) is 23.9 Å². The van der Waals surface area contributed by atoms with E-state index in [0.29, 0.717) is 11.4 Å². The molecule has 3 aromatic carbocycles. The van der Waals surface area contributed by atoms with Gasteiger partial charge in [0.15, 0.2) is 5.16 Å². The maximum atomic E-state index is 12.6. The highest BCUT2D eigenvalue weighted by Gasteiger charge is 2.14. The molecule has 0 saturated carbocycles. The van der Waals surface area contributed by atoms with Crippen LogP contribution in [0.3, 0.4) is 0 Å². The summed E-state index contributed by atoms with van der Waals surface area (Å²) in [7, 11) is 0. The predicted octanol–water partition coefficient (Wildman–Crippen LogP) is 6.86. The average Bonchev–Trinajstić information content (AvgIpc) is 3.47. The van der Waals surface area contributed by atoms with E-state index in [0.717, 1.165) is 44.9 Å². The van der Waals surface area contributed by atoms with E-state index in [2.05, 4.69) is 40.6 Å². The van der Waals surface area contributed by atoms with Gasteiger partial charge < -0.3 is 9.88 Å². The highest BCUT2D eigenvalue weighted by atomic mass is 35.5. The molecule has 0 saturated heterocycles. The molecule has 182 valence electrons. The Kier molecular flexibility index (Phi) is 7.36. The average molecular weight is 534 g/mol. The molecule has 1 N–H and O–H groups in total. The van der Waals surface area contributed by atoms with Gasteiger partial charge in [0.25, 0.3) is 0 Å². The van der Waals surface area contributed by atoms with Crippen LogP contribution in [-0.2, 0) is 17.8 Å². The van der Waals surface area contributed by atoms with Crippen molar-refractivity contribution in [3.63, 3.8) is 0 Å². The van der Waals surface area contributed by atoms with Gasteiger partial charge in [-0.3, -0.25) is 4.79 Å². The molecule has 5 aromatic rings. The quantitative estimate of drug-likeness (QED) is 0.221. The minimum Gasteiger partial charge on any atom is -0.325 e. The molecule has 0 fully saturated rings. The van der Waals surface area contributed by atoms with E-state index in [1.807, 2.05) is 60.0 Å². The number of amides is 1. The third-order valence-electron chi connectivity index (χ3n) is 5.68. The number of fused-ring (bicyclic) bond motifs is 1. The van der Waals surface area contributed by atoms with Crippen LogP contribution < -0.4 is 5.32 Å². The van der Waals surface area contributed by atoms with E-state index < -0.39 is 0 Å². The molecule has 0 bridgehead atoms. The number of aromatic nitrogens is 4. The molecule has 9 heteroatoms. The summed E-state index contributed by atoms with van der Waals surface area (Å²) in [6, 6.07) is 21.8. The van der Waals surface area contributed by atoms with Crippen LogP contribution in [0, 0.1) is 6.92 Å². The van der Waals surface area contributed by atoms with Crippen molar-refractivity contribution >= 4 is 56.5 Å². The zero-order chi connectivity index (χ0) is 25.1. The number of thiazole rings is 1. The van der Waals surface area contributed by atoms with Gasteiger partial charge in [-0.05, 0) is 73.5 Å². The number of thioether (sulfide) groups is 1. The topological polar surface area (TPSA) is 72.7 Å². The molecule has 0 unspecified atom stereocenters. The van der Waals surface area contributed by atoms with Crippen LogP contribution >= 0.6 is 34.7 Å². The summed E-state index contributed by atoms with van der Waals surface area (Å²) >= 11 is 9.04. The zero-order valence-electron chi connectivity index (χ0n) is 19.9. The van der Waals surface area contributed by atoms with Crippen LogP contribution in [0.2, 0.25) is 5.02 Å². The zero-order valence-corrected chi connectivity index (χ0v) is 22.3. The van der Waals surface area contributed by atoms with E-state index in [-0.39, 0.29) is 11.7 Å². The third-order valence-corrected chi connectivity index (χ3v) is 7.96. The Bertz CT molecular complexity index is 1510. The number of nitrogens with zero attached hydrogens (tertiary/aromatic N) is 4. The lowest BCUT2D eigenvalue weighted by Gasteiger charge is -2.08. The Morgan fingerprint density at radius 3 is 2.58 bits per heavy atom. The maximum Gasteiger partial charge on any atom is 0.234 e. The number of hydrogen-bond acceptors (Lipinski definition) is 6. The molecule has 2 aromatic heterocycles. The van der Waals surface area contributed by atoms with Crippen LogP contribution in [0.25, 0.3) is 20.8 Å². The largest absolute Gasteiger partial charge is 0.325 e. The standard InChI is InChI=1S/C27H24ClN5OS2/c1-3-33-24(15-18-5-9-20(28)10-6-18)31-32-27(33)35-16-25(34)29-21-11-7-19(8-12-21)26-30-22-13-4-17(2)14-23(22)36-26/h4-14H,3,15-16H2,1-2H3,(H,29,34). The van der Waals surface area contributed by atoms with Crippen molar-refractivity contribution < 1.29 is 4.79 Å². The highest BCUT2D eigenvalue weighted by molar-refractivity contribution is 7.99. The Morgan fingerprint density at radius 2 is 1.83 bits per heavy atom. The van der Waals surface area contributed by atoms with Crippen molar-refractivity contribution in [2.24, 2.45) is 0 Å². The Morgan fingerprint density at radius 1 is 1.06 bits per heavy atom. The van der Waals surface area contributed by atoms with Crippen molar-refractivity contribution in [3.8, 4) is 10.6 Å². The molecule has 0 aliphatic rings. The smallest absolute Gasteiger partial charge is 0.234 e. The lowest BCUT2D eigenvalue weighted by Crippen LogP contribution is -2.14. The third kappa shape index (κ3) is 5.61. The fourth-order valence-electron chi connectivity index (χ4n) is 3.84. The minimum atomic E-state index is -0.0897. The SMILES string of the molecule is CCn1c(Cc2ccc(Cl)cc2)nnc1SCC(=O)Nc1ccc(-c2nc3ccc(C)cc3s2)cc1. The van der Waals surface area contributed by atoms with Gasteiger partial charge in [-0.15, -0.1) is 21.5 Å². The van der Waals surface area contributed by atoms with E-state index in [9.17, 15) is 4.79 Å². The van der Waals surface area contributed by atoms with Gasteiger partial charge in [0.05, 0.1) is 16.0 Å². The van der Waals surface area contributed by atoms with Gasteiger partial charge in [0.1, 0.15) is 10.8 Å². The second-order valence-corrected chi connectivity index (χ2v) is 10.8. The summed E-state index contributed by atoms with van der Waals surface area (Å²) in [6.07, 6.45) is 0.658. The number of rotatable bonds is 8. The van der Waals surface area contributed by atoms with Crippen LogP contribution in [0.5, 0.6) is 0 Å². The van der Waals surface area contributed by atoms with E-state index in [1.165, 1.54) is 22.0 Å². The summed E-state index contributed by atoms with van der Waals surface area (Å²) in [5.41, 5.74) is 5.13. The van der Waals surface area contributed by atoms with Crippen LogP contribution in [-0.4, -0.2) is 31.4 Å². The van der Waals surface area contributed by atoms with E-state index >= 15 is 0 Å². The molecule has 0 atom stereocenters. The molecule has 0 radical (unpaired) electrons. The molecular formula is C27H24ClN5OS2. The Hall–Kier alpha value is -3.20. The molecular weight excluding hydrogens is 510 g/mol. The number of carbonyl (C=O) groups excluding carboxylic acids is 1. The first-order chi connectivity index (χ1) is 17.5. The molecule has 5 rings (SSSR count). The first-order valence-corrected chi connectivity index (χ1v) is 13.7. The fourth-order valence-corrected chi connectivity index (χ4v) is 5.85. The van der Waals surface area contributed by atoms with Crippen LogP contribution in [0.4, 0.5) is 5.69 Å². The molecule has 2 heterocycles. The van der Waals surface area contributed by atoms with Crippen molar-refractivity contribution in [2.45, 2.75) is 32.0 Å². The van der Waals surface area contributed by atoms with Gasteiger partial charge in [0.2, 0.25) is 5.91 Å². The molecule has 6 nitrogen and oxygen atoms in total. The Balaban J connectivity index is 1.19. The Labute approximate surface area is 222 Å². The van der Waals surface area contributed by atoms with Gasteiger partial charge in [-0.2, -0.15) is 0 Å². The number of anilines is 1. The van der Waals surface area contributed by atoms with Crippen molar-refractivity contribution in [2.75, 3.05) is 11.1 Å². The number of nitrogens with one attached hydrogen (secondary N) is 1. The normalized spacial score (nSPS) is 11.2. The van der Waals surface area contributed by atoms with Gasteiger partial charge in [-0.1, -0.05) is 41.6 Å². The summed E-state index contributed by atoms with van der Waals surface area (Å²) in [4.78, 5) is 17.3. The molecule has 0 aliphatic carbocycles. The monoisotopic (exact) mass is 533 g/mol. The second-order valence-electron chi connectivity index (χ2n) is 8.35. The number of halogens is 1. The predicted molar refractivity (Wildman–Crippen MR) is 149 cm³/mol. The summed E-state index contributed by atoms with van der Waals surface area (Å²) in [5, 5.41) is 14.0. The molecule has 1 amide bonds. The molecule has 36 heavy (non-hydrogen) atoms. The second kappa shape index (κ2) is 10.8. The van der Waals surface area contributed by atoms with Crippen molar-refractivity contribution in [1.29, 1.82) is 0 Å². The summed E-state index contributed by atoms with van der Waals surface area (Å²) in [6.45, 7) is 4.86. The van der Waals surface area contributed by atoms with Crippen molar-refractivity contribution in [3.05, 3.63) is 88.7 Å². The summed E-state index contributed by atoms with van der Waals surface area (Å²) < 4.78 is 3.22. The summed E-state index contributed by atoms with van der Waals surface area (Å²) in [5.74, 6) is 1.02. The highest BCUT2D eigenvalue weighted by Crippen LogP contribution is 2.31. The van der Waals surface area contributed by atoms with Gasteiger partial charge in [-0.25, -0.2) is 4.98 Å². The number of carbonyl (C=O) groups is 1. The number of hydrogen-bond donors (Lipinski definition) is 1. The van der Waals surface area contributed by atoms with Gasteiger partial charge >= 0.3 is 0 Å². The minimum absolute atomic E-state index is 0.0897. The lowest BCUT2D eigenvalue weighted by molar-refractivity contribution is -0.113. The fraction of sp³-hybridized carbons (Fsp3) is 0.185. The number of benzene rings is 3. The van der Waals surface area contributed by atoms with E-state index in [4.69, 9.17) is 16.6 Å². The first kappa shape index (κ1) is 24.5. The van der Waals surface area contributed by atoms with Crippen molar-refractivity contribution in [1.82, 2.24) is 19.7 Å². The van der Waals surface area contributed by atoms with Gasteiger partial charge in [0, 0.05) is 29.2 Å². The first-order valence-electron chi connectivity index (χ1n) is 11.6. The number of aryl methyl sites for hydroxylation is 1. The lowest BCUT2D eigenvalue weighted by atomic mass is 10.1. The maximum absolute atomic E-state index is 12.6.